The Morgan fingerprint density at radius 1 is 1.21 bits per heavy atom. The number of anilines is 1. The molecule has 0 atom stereocenters. The van der Waals surface area contributed by atoms with Crippen LogP contribution in [0.3, 0.4) is 0 Å². The first kappa shape index (κ1) is 18.0. The summed E-state index contributed by atoms with van der Waals surface area (Å²) in [6, 6.07) is 10.5. The highest BCUT2D eigenvalue weighted by Gasteiger charge is 2.09. The summed E-state index contributed by atoms with van der Waals surface area (Å²) < 4.78 is 31.0. The fourth-order valence-electron chi connectivity index (χ4n) is 2.47. The van der Waals surface area contributed by atoms with Crippen molar-refractivity contribution in [2.75, 3.05) is 5.32 Å². The number of benzene rings is 1. The maximum absolute atomic E-state index is 12.3. The smallest absolute Gasteiger partial charge is 0.387 e. The summed E-state index contributed by atoms with van der Waals surface area (Å²) in [6.45, 7) is 1.66. The lowest BCUT2D eigenvalue weighted by atomic mass is 10.2. The number of aryl methyl sites for hydroxylation is 2. The number of alkyl halides is 2. The number of aromatic nitrogens is 2. The standard InChI is InChI=1S/C17H17F2N3O.ClH/c1-11-12(2)22-8-4-7-15(16(22)21-11)20-10-13-5-3-6-14(9-13)23-17(18)19;/h3-9,17,20H,10H2,1-2H3;1H. The van der Waals surface area contributed by atoms with Crippen molar-refractivity contribution in [2.45, 2.75) is 27.0 Å². The van der Waals surface area contributed by atoms with Gasteiger partial charge < -0.3 is 14.5 Å². The summed E-state index contributed by atoms with van der Waals surface area (Å²) in [7, 11) is 0. The first-order valence-corrected chi connectivity index (χ1v) is 7.26. The SMILES string of the molecule is Cc1nc2c(NCc3cccc(OC(F)F)c3)cccn2c1C.Cl. The molecule has 1 aromatic carbocycles. The molecule has 1 N–H and O–H groups in total. The minimum atomic E-state index is -2.82. The van der Waals surface area contributed by atoms with Gasteiger partial charge in [-0.2, -0.15) is 8.78 Å². The van der Waals surface area contributed by atoms with Crippen molar-refractivity contribution in [1.82, 2.24) is 9.38 Å². The Labute approximate surface area is 144 Å². The topological polar surface area (TPSA) is 38.6 Å². The third-order valence-corrected chi connectivity index (χ3v) is 3.73. The average Bonchev–Trinajstić information content (AvgIpc) is 2.81. The normalized spacial score (nSPS) is 10.7. The third kappa shape index (κ3) is 3.76. The van der Waals surface area contributed by atoms with Crippen LogP contribution in [0.5, 0.6) is 5.75 Å². The molecule has 0 saturated heterocycles. The highest BCUT2D eigenvalue weighted by atomic mass is 35.5. The molecule has 0 saturated carbocycles. The van der Waals surface area contributed by atoms with Crippen molar-refractivity contribution < 1.29 is 13.5 Å². The largest absolute Gasteiger partial charge is 0.435 e. The number of fused-ring (bicyclic) bond motifs is 1. The monoisotopic (exact) mass is 353 g/mol. The minimum absolute atomic E-state index is 0. The van der Waals surface area contributed by atoms with E-state index >= 15 is 0 Å². The zero-order chi connectivity index (χ0) is 16.4. The van der Waals surface area contributed by atoms with Crippen molar-refractivity contribution in [3.8, 4) is 5.75 Å². The van der Waals surface area contributed by atoms with Crippen molar-refractivity contribution in [2.24, 2.45) is 0 Å². The lowest BCUT2D eigenvalue weighted by Crippen LogP contribution is -2.04. The quantitative estimate of drug-likeness (QED) is 0.729. The van der Waals surface area contributed by atoms with Crippen LogP contribution in [0, 0.1) is 13.8 Å². The second-order valence-corrected chi connectivity index (χ2v) is 5.28. The van der Waals surface area contributed by atoms with Gasteiger partial charge in [-0.25, -0.2) is 4.98 Å². The van der Waals surface area contributed by atoms with Gasteiger partial charge in [0.15, 0.2) is 5.65 Å². The van der Waals surface area contributed by atoms with E-state index in [9.17, 15) is 8.78 Å². The van der Waals surface area contributed by atoms with Crippen LogP contribution in [0.25, 0.3) is 5.65 Å². The molecule has 0 spiro atoms. The summed E-state index contributed by atoms with van der Waals surface area (Å²) in [5, 5.41) is 3.30. The third-order valence-electron chi connectivity index (χ3n) is 3.73. The molecule has 7 heteroatoms. The first-order chi connectivity index (χ1) is 11.0. The van der Waals surface area contributed by atoms with E-state index in [-0.39, 0.29) is 18.2 Å². The van der Waals surface area contributed by atoms with Crippen molar-refractivity contribution in [1.29, 1.82) is 0 Å². The van der Waals surface area contributed by atoms with Gasteiger partial charge in [0.25, 0.3) is 0 Å². The molecule has 24 heavy (non-hydrogen) atoms. The van der Waals surface area contributed by atoms with E-state index in [1.165, 1.54) is 6.07 Å². The Bertz CT molecular complexity index is 836. The second kappa shape index (κ2) is 7.49. The maximum atomic E-state index is 12.3. The van der Waals surface area contributed by atoms with Crippen LogP contribution in [0.1, 0.15) is 17.0 Å². The van der Waals surface area contributed by atoms with E-state index in [4.69, 9.17) is 0 Å². The summed E-state index contributed by atoms with van der Waals surface area (Å²) in [5.41, 5.74) is 4.67. The molecule has 0 amide bonds. The number of imidazole rings is 1. The van der Waals surface area contributed by atoms with Gasteiger partial charge in [0.05, 0.1) is 11.4 Å². The van der Waals surface area contributed by atoms with Gasteiger partial charge in [-0.15, -0.1) is 12.4 Å². The molecule has 0 aliphatic heterocycles. The van der Waals surface area contributed by atoms with Crippen LogP contribution in [0.4, 0.5) is 14.5 Å². The molecule has 0 aliphatic rings. The molecule has 2 aromatic heterocycles. The van der Waals surface area contributed by atoms with E-state index in [2.05, 4.69) is 15.0 Å². The Morgan fingerprint density at radius 3 is 2.75 bits per heavy atom. The zero-order valence-electron chi connectivity index (χ0n) is 13.3. The fourth-order valence-corrected chi connectivity index (χ4v) is 2.47. The molecule has 128 valence electrons. The average molecular weight is 354 g/mol. The molecule has 4 nitrogen and oxygen atoms in total. The van der Waals surface area contributed by atoms with Crippen LogP contribution in [0.2, 0.25) is 0 Å². The molecule has 2 heterocycles. The fraction of sp³-hybridized carbons (Fsp3) is 0.235. The summed E-state index contributed by atoms with van der Waals surface area (Å²) in [5.74, 6) is 0.157. The van der Waals surface area contributed by atoms with Crippen molar-refractivity contribution in [3.05, 3.63) is 59.5 Å². The number of hydrogen-bond donors (Lipinski definition) is 1. The molecule has 0 bridgehead atoms. The summed E-state index contributed by atoms with van der Waals surface area (Å²) >= 11 is 0. The van der Waals surface area contributed by atoms with Crippen LogP contribution in [-0.2, 0) is 6.54 Å². The predicted molar refractivity (Wildman–Crippen MR) is 92.3 cm³/mol. The van der Waals surface area contributed by atoms with Crippen LogP contribution >= 0.6 is 12.4 Å². The Morgan fingerprint density at radius 2 is 2.00 bits per heavy atom. The van der Waals surface area contributed by atoms with E-state index in [1.807, 2.05) is 42.6 Å². The Hall–Kier alpha value is -2.34. The molecule has 0 unspecified atom stereocenters. The molecule has 0 radical (unpaired) electrons. The number of nitrogens with one attached hydrogen (secondary N) is 1. The van der Waals surface area contributed by atoms with E-state index < -0.39 is 6.61 Å². The van der Waals surface area contributed by atoms with Gasteiger partial charge in [-0.3, -0.25) is 0 Å². The molecular formula is C17H18ClF2N3O. The van der Waals surface area contributed by atoms with Crippen molar-refractivity contribution in [3.63, 3.8) is 0 Å². The highest BCUT2D eigenvalue weighted by molar-refractivity contribution is 5.85. The van der Waals surface area contributed by atoms with Crippen LogP contribution in [0.15, 0.2) is 42.6 Å². The van der Waals surface area contributed by atoms with Gasteiger partial charge in [-0.05, 0) is 43.7 Å². The maximum Gasteiger partial charge on any atom is 0.387 e. The van der Waals surface area contributed by atoms with Gasteiger partial charge in [-0.1, -0.05) is 12.1 Å². The summed E-state index contributed by atoms with van der Waals surface area (Å²) in [6.07, 6.45) is 1.97. The van der Waals surface area contributed by atoms with Gasteiger partial charge in [0.1, 0.15) is 5.75 Å². The number of hydrogen-bond acceptors (Lipinski definition) is 3. The number of ether oxygens (including phenoxy) is 1. The molecule has 3 rings (SSSR count). The molecule has 0 aliphatic carbocycles. The van der Waals surface area contributed by atoms with Crippen LogP contribution < -0.4 is 10.1 Å². The molecule has 0 fully saturated rings. The highest BCUT2D eigenvalue weighted by Crippen LogP contribution is 2.21. The lowest BCUT2D eigenvalue weighted by Gasteiger charge is -2.10. The minimum Gasteiger partial charge on any atom is -0.435 e. The van der Waals surface area contributed by atoms with Crippen molar-refractivity contribution >= 4 is 23.7 Å². The van der Waals surface area contributed by atoms with Gasteiger partial charge in [0, 0.05) is 18.4 Å². The van der Waals surface area contributed by atoms with Crippen LogP contribution in [-0.4, -0.2) is 16.0 Å². The predicted octanol–water partition coefficient (Wildman–Crippen LogP) is 4.59. The summed E-state index contributed by atoms with van der Waals surface area (Å²) in [4.78, 5) is 4.56. The lowest BCUT2D eigenvalue weighted by molar-refractivity contribution is -0.0498. The zero-order valence-corrected chi connectivity index (χ0v) is 14.1. The molecule has 3 aromatic rings. The van der Waals surface area contributed by atoms with Gasteiger partial charge in [0.2, 0.25) is 0 Å². The number of pyridine rings is 1. The van der Waals surface area contributed by atoms with E-state index in [0.717, 1.165) is 28.3 Å². The number of nitrogens with zero attached hydrogens (tertiary/aromatic N) is 2. The van der Waals surface area contributed by atoms with Gasteiger partial charge >= 0.3 is 6.61 Å². The Kier molecular flexibility index (Phi) is 5.62. The molecular weight excluding hydrogens is 336 g/mol. The number of rotatable bonds is 5. The second-order valence-electron chi connectivity index (χ2n) is 5.28. The van der Waals surface area contributed by atoms with E-state index in [1.54, 1.807) is 12.1 Å². The number of halogens is 3. The Balaban J connectivity index is 0.00000208. The van der Waals surface area contributed by atoms with E-state index in [0.29, 0.717) is 6.54 Å². The first-order valence-electron chi connectivity index (χ1n) is 7.26.